The average Bonchev–Trinajstić information content (AvgIpc) is 2.27. The Balaban J connectivity index is 2.30. The molecule has 1 aliphatic rings. The Kier molecular flexibility index (Phi) is 2.73. The molecule has 0 spiro atoms. The molecule has 2 unspecified atom stereocenters. The Morgan fingerprint density at radius 2 is 2.29 bits per heavy atom. The van der Waals surface area contributed by atoms with Crippen LogP contribution in [-0.2, 0) is 0 Å². The molecule has 76 valence electrons. The van der Waals surface area contributed by atoms with E-state index >= 15 is 0 Å². The highest BCUT2D eigenvalue weighted by Gasteiger charge is 2.26. The van der Waals surface area contributed by atoms with Crippen LogP contribution in [0.4, 0.5) is 0 Å². The largest absolute Gasteiger partial charge is 0.493 e. The number of rotatable bonds is 2. The maximum absolute atomic E-state index is 9.87. The Morgan fingerprint density at radius 3 is 3.07 bits per heavy atom. The molecule has 0 saturated heterocycles. The van der Waals surface area contributed by atoms with Crippen molar-refractivity contribution < 1.29 is 9.84 Å². The van der Waals surface area contributed by atoms with Crippen LogP contribution in [0.1, 0.15) is 31.2 Å². The van der Waals surface area contributed by atoms with Crippen molar-refractivity contribution >= 4 is 0 Å². The molecule has 0 amide bonds. The summed E-state index contributed by atoms with van der Waals surface area (Å²) in [4.78, 5) is 0. The summed E-state index contributed by atoms with van der Waals surface area (Å²) in [7, 11) is 0. The summed E-state index contributed by atoms with van der Waals surface area (Å²) in [6, 6.07) is 8.00. The third-order valence-electron chi connectivity index (χ3n) is 2.89. The zero-order valence-electron chi connectivity index (χ0n) is 8.44. The predicted molar refractivity (Wildman–Crippen MR) is 55.6 cm³/mol. The second kappa shape index (κ2) is 4.01. The van der Waals surface area contributed by atoms with Gasteiger partial charge in [0.05, 0.1) is 12.7 Å². The molecule has 1 heterocycles. The third-order valence-corrected chi connectivity index (χ3v) is 2.89. The van der Waals surface area contributed by atoms with Gasteiger partial charge in [0.15, 0.2) is 0 Å². The number of para-hydroxylation sites is 1. The minimum atomic E-state index is -0.236. The Hall–Kier alpha value is -1.02. The van der Waals surface area contributed by atoms with Crippen LogP contribution in [0, 0.1) is 0 Å². The van der Waals surface area contributed by atoms with Gasteiger partial charge in [0, 0.05) is 5.92 Å². The van der Waals surface area contributed by atoms with Crippen LogP contribution in [0.25, 0.3) is 0 Å². The summed E-state index contributed by atoms with van der Waals surface area (Å²) < 4.78 is 5.54. The molecule has 0 saturated carbocycles. The van der Waals surface area contributed by atoms with E-state index < -0.39 is 0 Å². The fraction of sp³-hybridized carbons (Fsp3) is 0.500. The van der Waals surface area contributed by atoms with Gasteiger partial charge in [-0.25, -0.2) is 0 Å². The van der Waals surface area contributed by atoms with Crippen LogP contribution in [0.3, 0.4) is 0 Å². The van der Waals surface area contributed by atoms with Gasteiger partial charge in [-0.15, -0.1) is 0 Å². The van der Waals surface area contributed by atoms with Crippen LogP contribution in [0.15, 0.2) is 24.3 Å². The molecule has 2 heteroatoms. The van der Waals surface area contributed by atoms with Crippen LogP contribution in [-0.4, -0.2) is 17.8 Å². The molecule has 0 bridgehead atoms. The number of aliphatic hydroxyl groups is 1. The van der Waals surface area contributed by atoms with Crippen LogP contribution < -0.4 is 4.74 Å². The van der Waals surface area contributed by atoms with E-state index in [1.54, 1.807) is 0 Å². The van der Waals surface area contributed by atoms with E-state index in [4.69, 9.17) is 4.74 Å². The zero-order valence-corrected chi connectivity index (χ0v) is 8.44. The van der Waals surface area contributed by atoms with Crippen molar-refractivity contribution in [2.75, 3.05) is 6.61 Å². The number of hydrogen-bond acceptors (Lipinski definition) is 2. The highest BCUT2D eigenvalue weighted by atomic mass is 16.5. The van der Waals surface area contributed by atoms with E-state index in [0.29, 0.717) is 0 Å². The van der Waals surface area contributed by atoms with E-state index in [1.165, 1.54) is 0 Å². The van der Waals surface area contributed by atoms with Crippen molar-refractivity contribution in [2.45, 2.75) is 31.8 Å². The molecular formula is C12H16O2. The monoisotopic (exact) mass is 192 g/mol. The molecule has 0 radical (unpaired) electrons. The Bertz CT molecular complexity index is 309. The van der Waals surface area contributed by atoms with Gasteiger partial charge < -0.3 is 9.84 Å². The summed E-state index contributed by atoms with van der Waals surface area (Å²) in [6.45, 7) is 2.74. The lowest BCUT2D eigenvalue weighted by atomic mass is 9.87. The van der Waals surface area contributed by atoms with Crippen molar-refractivity contribution in [1.29, 1.82) is 0 Å². The number of hydrogen-bond donors (Lipinski definition) is 1. The number of ether oxygens (including phenoxy) is 1. The Morgan fingerprint density at radius 1 is 1.50 bits per heavy atom. The summed E-state index contributed by atoms with van der Waals surface area (Å²) in [5.74, 6) is 1.20. The van der Waals surface area contributed by atoms with Crippen LogP contribution >= 0.6 is 0 Å². The van der Waals surface area contributed by atoms with Crippen molar-refractivity contribution in [3.8, 4) is 5.75 Å². The summed E-state index contributed by atoms with van der Waals surface area (Å²) in [5.41, 5.74) is 1.16. The van der Waals surface area contributed by atoms with Gasteiger partial charge in [-0.1, -0.05) is 25.1 Å². The van der Waals surface area contributed by atoms with Crippen LogP contribution in [0.2, 0.25) is 0 Å². The Labute approximate surface area is 84.5 Å². The lowest BCUT2D eigenvalue weighted by molar-refractivity contribution is 0.113. The predicted octanol–water partition coefficient (Wildman–Crippen LogP) is 2.32. The molecule has 0 aromatic heterocycles. The smallest absolute Gasteiger partial charge is 0.122 e. The average molecular weight is 192 g/mol. The number of benzene rings is 1. The first-order valence-electron chi connectivity index (χ1n) is 5.22. The SMILES string of the molecule is CCC(O)C1CCOc2ccccc21. The maximum Gasteiger partial charge on any atom is 0.122 e. The highest BCUT2D eigenvalue weighted by molar-refractivity contribution is 5.38. The summed E-state index contributed by atoms with van der Waals surface area (Å²) >= 11 is 0. The molecule has 0 aliphatic carbocycles. The van der Waals surface area contributed by atoms with Gasteiger partial charge in [-0.2, -0.15) is 0 Å². The summed E-state index contributed by atoms with van der Waals surface area (Å²) in [5, 5.41) is 9.87. The maximum atomic E-state index is 9.87. The van der Waals surface area contributed by atoms with E-state index in [9.17, 15) is 5.11 Å². The number of aliphatic hydroxyl groups excluding tert-OH is 1. The highest BCUT2D eigenvalue weighted by Crippen LogP contribution is 2.36. The van der Waals surface area contributed by atoms with E-state index in [1.807, 2.05) is 25.1 Å². The quantitative estimate of drug-likeness (QED) is 0.779. The minimum absolute atomic E-state index is 0.236. The first kappa shape index (κ1) is 9.53. The second-order valence-corrected chi connectivity index (χ2v) is 3.76. The molecule has 1 aromatic rings. The molecular weight excluding hydrogens is 176 g/mol. The fourth-order valence-corrected chi connectivity index (χ4v) is 2.05. The van der Waals surface area contributed by atoms with Gasteiger partial charge >= 0.3 is 0 Å². The molecule has 14 heavy (non-hydrogen) atoms. The molecule has 1 aliphatic heterocycles. The summed E-state index contributed by atoms with van der Waals surface area (Å²) in [6.07, 6.45) is 1.49. The molecule has 1 N–H and O–H groups in total. The van der Waals surface area contributed by atoms with Crippen molar-refractivity contribution in [3.63, 3.8) is 0 Å². The first-order valence-corrected chi connectivity index (χ1v) is 5.22. The third kappa shape index (κ3) is 1.62. The van der Waals surface area contributed by atoms with Gasteiger partial charge in [0.25, 0.3) is 0 Å². The van der Waals surface area contributed by atoms with Crippen LogP contribution in [0.5, 0.6) is 5.75 Å². The van der Waals surface area contributed by atoms with Gasteiger partial charge in [-0.05, 0) is 24.5 Å². The normalized spacial score (nSPS) is 22.3. The first-order chi connectivity index (χ1) is 6.83. The van der Waals surface area contributed by atoms with Gasteiger partial charge in [-0.3, -0.25) is 0 Å². The molecule has 0 fully saturated rings. The lowest BCUT2D eigenvalue weighted by Crippen LogP contribution is -2.24. The van der Waals surface area contributed by atoms with Crippen molar-refractivity contribution in [1.82, 2.24) is 0 Å². The molecule has 1 aromatic carbocycles. The lowest BCUT2D eigenvalue weighted by Gasteiger charge is -2.28. The van der Waals surface area contributed by atoms with E-state index in [2.05, 4.69) is 6.07 Å². The second-order valence-electron chi connectivity index (χ2n) is 3.76. The topological polar surface area (TPSA) is 29.5 Å². The minimum Gasteiger partial charge on any atom is -0.493 e. The fourth-order valence-electron chi connectivity index (χ4n) is 2.05. The zero-order chi connectivity index (χ0) is 9.97. The van der Waals surface area contributed by atoms with Crippen molar-refractivity contribution in [3.05, 3.63) is 29.8 Å². The number of fused-ring (bicyclic) bond motifs is 1. The standard InChI is InChI=1S/C12H16O2/c1-2-11(13)9-7-8-14-12-6-4-3-5-10(9)12/h3-6,9,11,13H,2,7-8H2,1H3. The molecule has 2 nitrogen and oxygen atoms in total. The van der Waals surface area contributed by atoms with Gasteiger partial charge in [0.1, 0.15) is 5.75 Å². The molecule has 2 rings (SSSR count). The van der Waals surface area contributed by atoms with E-state index in [0.717, 1.165) is 30.8 Å². The molecule has 2 atom stereocenters. The van der Waals surface area contributed by atoms with E-state index in [-0.39, 0.29) is 12.0 Å². The van der Waals surface area contributed by atoms with Gasteiger partial charge in [0.2, 0.25) is 0 Å². The van der Waals surface area contributed by atoms with Crippen molar-refractivity contribution in [2.24, 2.45) is 0 Å².